The SMILES string of the molecule is CCOc1ccccc1CNC(=O)[C@H]1N(C(=O)[C@@H](O)[C@H](Cc2ccccc2)NC(=O)c2cccc(O)c2C)CSC1(C)C. The number of amides is 3. The molecule has 3 aromatic carbocycles. The molecule has 43 heavy (non-hydrogen) atoms. The van der Waals surface area contributed by atoms with E-state index < -0.39 is 34.7 Å². The first-order valence-corrected chi connectivity index (χ1v) is 15.3. The van der Waals surface area contributed by atoms with Crippen molar-refractivity contribution < 1.29 is 29.3 Å². The van der Waals surface area contributed by atoms with E-state index in [1.165, 1.54) is 22.7 Å². The third-order valence-corrected chi connectivity index (χ3v) is 8.98. The van der Waals surface area contributed by atoms with Crippen molar-refractivity contribution in [2.75, 3.05) is 12.5 Å². The molecule has 4 rings (SSSR count). The summed E-state index contributed by atoms with van der Waals surface area (Å²) >= 11 is 1.45. The number of carbonyl (C=O) groups excluding carboxylic acids is 3. The predicted molar refractivity (Wildman–Crippen MR) is 167 cm³/mol. The van der Waals surface area contributed by atoms with Gasteiger partial charge in [-0.15, -0.1) is 11.8 Å². The minimum absolute atomic E-state index is 0.0297. The van der Waals surface area contributed by atoms with Crippen LogP contribution in [0.2, 0.25) is 0 Å². The number of aliphatic hydroxyl groups excluding tert-OH is 1. The topological polar surface area (TPSA) is 128 Å². The highest BCUT2D eigenvalue weighted by atomic mass is 32.2. The number of phenolic OH excluding ortho intramolecular Hbond substituents is 1. The van der Waals surface area contributed by atoms with Crippen LogP contribution in [0.25, 0.3) is 0 Å². The summed E-state index contributed by atoms with van der Waals surface area (Å²) < 4.78 is 5.05. The van der Waals surface area contributed by atoms with Gasteiger partial charge in [0.15, 0.2) is 6.10 Å². The molecule has 3 atom stereocenters. The van der Waals surface area contributed by atoms with Crippen LogP contribution < -0.4 is 15.4 Å². The zero-order chi connectivity index (χ0) is 31.1. The summed E-state index contributed by atoms with van der Waals surface area (Å²) in [5.74, 6) is -0.677. The van der Waals surface area contributed by atoms with Crippen LogP contribution in [0.4, 0.5) is 0 Å². The van der Waals surface area contributed by atoms with E-state index >= 15 is 0 Å². The van der Waals surface area contributed by atoms with Crippen LogP contribution in [-0.4, -0.2) is 68.3 Å². The van der Waals surface area contributed by atoms with Gasteiger partial charge in [0.05, 0.1) is 18.5 Å². The molecule has 0 spiro atoms. The van der Waals surface area contributed by atoms with Crippen LogP contribution in [0.3, 0.4) is 0 Å². The number of hydrogen-bond donors (Lipinski definition) is 4. The van der Waals surface area contributed by atoms with Crippen molar-refractivity contribution in [3.63, 3.8) is 0 Å². The van der Waals surface area contributed by atoms with Crippen LogP contribution in [0.15, 0.2) is 72.8 Å². The van der Waals surface area contributed by atoms with Gasteiger partial charge in [-0.3, -0.25) is 14.4 Å². The minimum Gasteiger partial charge on any atom is -0.508 e. The summed E-state index contributed by atoms with van der Waals surface area (Å²) in [4.78, 5) is 42.2. The van der Waals surface area contributed by atoms with Gasteiger partial charge in [0.1, 0.15) is 17.5 Å². The van der Waals surface area contributed by atoms with Gasteiger partial charge in [-0.25, -0.2) is 0 Å². The first-order chi connectivity index (χ1) is 20.5. The Morgan fingerprint density at radius 2 is 1.74 bits per heavy atom. The van der Waals surface area contributed by atoms with Gasteiger partial charge in [0.2, 0.25) is 5.91 Å². The molecule has 3 aromatic rings. The fourth-order valence-electron chi connectivity index (χ4n) is 5.21. The molecule has 0 aliphatic carbocycles. The Morgan fingerprint density at radius 3 is 2.47 bits per heavy atom. The number of ether oxygens (including phenoxy) is 1. The zero-order valence-electron chi connectivity index (χ0n) is 24.9. The Kier molecular flexibility index (Phi) is 10.4. The molecule has 9 nitrogen and oxygen atoms in total. The number of hydrogen-bond acceptors (Lipinski definition) is 7. The Morgan fingerprint density at radius 1 is 1.05 bits per heavy atom. The summed E-state index contributed by atoms with van der Waals surface area (Å²) in [5, 5.41) is 27.4. The van der Waals surface area contributed by atoms with Crippen molar-refractivity contribution in [2.45, 2.75) is 63.6 Å². The molecule has 0 saturated carbocycles. The summed E-state index contributed by atoms with van der Waals surface area (Å²) in [6.07, 6.45) is -1.46. The number of aromatic hydroxyl groups is 1. The molecule has 1 heterocycles. The number of nitrogens with zero attached hydrogens (tertiary/aromatic N) is 1. The summed E-state index contributed by atoms with van der Waals surface area (Å²) in [7, 11) is 0. The van der Waals surface area contributed by atoms with Crippen LogP contribution in [0.5, 0.6) is 11.5 Å². The number of aliphatic hydroxyl groups is 1. The highest BCUT2D eigenvalue weighted by Gasteiger charge is 2.49. The number of nitrogens with one attached hydrogen (secondary N) is 2. The van der Waals surface area contributed by atoms with Crippen molar-refractivity contribution in [2.24, 2.45) is 0 Å². The van der Waals surface area contributed by atoms with Gasteiger partial charge in [-0.2, -0.15) is 0 Å². The Bertz CT molecular complexity index is 1450. The maximum atomic E-state index is 13.9. The third kappa shape index (κ3) is 7.50. The lowest BCUT2D eigenvalue weighted by Gasteiger charge is -2.33. The molecule has 4 N–H and O–H groups in total. The van der Waals surface area contributed by atoms with Crippen molar-refractivity contribution >= 4 is 29.5 Å². The number of thioether (sulfide) groups is 1. The van der Waals surface area contributed by atoms with Gasteiger partial charge in [-0.05, 0) is 57.9 Å². The quantitative estimate of drug-likeness (QED) is 0.262. The smallest absolute Gasteiger partial charge is 0.254 e. The largest absolute Gasteiger partial charge is 0.508 e. The fourth-order valence-corrected chi connectivity index (χ4v) is 6.35. The van der Waals surface area contributed by atoms with Crippen molar-refractivity contribution in [3.8, 4) is 11.5 Å². The van der Waals surface area contributed by atoms with E-state index in [9.17, 15) is 24.6 Å². The van der Waals surface area contributed by atoms with Gasteiger partial charge in [-0.1, -0.05) is 54.6 Å². The van der Waals surface area contributed by atoms with Gasteiger partial charge < -0.3 is 30.5 Å². The van der Waals surface area contributed by atoms with Crippen molar-refractivity contribution in [1.29, 1.82) is 0 Å². The molecule has 228 valence electrons. The molecule has 1 fully saturated rings. The lowest BCUT2D eigenvalue weighted by molar-refractivity contribution is -0.147. The molecule has 0 bridgehead atoms. The zero-order valence-corrected chi connectivity index (χ0v) is 25.7. The van der Waals surface area contributed by atoms with Crippen LogP contribution in [0, 0.1) is 6.92 Å². The first kappa shape index (κ1) is 31.9. The molecule has 10 heteroatoms. The molecule has 1 saturated heterocycles. The summed E-state index contributed by atoms with van der Waals surface area (Å²) in [5.41, 5.74) is 2.25. The predicted octanol–water partition coefficient (Wildman–Crippen LogP) is 3.80. The second-order valence-electron chi connectivity index (χ2n) is 11.0. The Labute approximate surface area is 256 Å². The number of benzene rings is 3. The van der Waals surface area contributed by atoms with Crippen LogP contribution >= 0.6 is 11.8 Å². The van der Waals surface area contributed by atoms with Gasteiger partial charge in [0.25, 0.3) is 11.8 Å². The van der Waals surface area contributed by atoms with E-state index in [1.54, 1.807) is 19.1 Å². The normalized spacial score (nSPS) is 17.1. The highest BCUT2D eigenvalue weighted by molar-refractivity contribution is 8.00. The van der Waals surface area contributed by atoms with E-state index in [-0.39, 0.29) is 36.1 Å². The lowest BCUT2D eigenvalue weighted by atomic mass is 9.96. The standard InChI is InChI=1S/C33H39N3O6S/c1-5-42-27-17-10-9-14-23(27)19-34-31(40)29-33(3,4)43-20-36(29)32(41)28(38)25(18-22-12-7-6-8-13-22)35-30(39)24-15-11-16-26(37)21(24)2/h6-17,25,28-29,37-38H,5,18-20H2,1-4H3,(H,34,40)(H,35,39)/t25-,28-,29+/m0/s1. The first-order valence-electron chi connectivity index (χ1n) is 14.3. The maximum absolute atomic E-state index is 13.9. The second kappa shape index (κ2) is 14.0. The molecule has 0 aromatic heterocycles. The van der Waals surface area contributed by atoms with E-state index in [1.807, 2.05) is 75.4 Å². The third-order valence-electron chi connectivity index (χ3n) is 7.60. The van der Waals surface area contributed by atoms with Crippen molar-refractivity contribution in [1.82, 2.24) is 15.5 Å². The summed E-state index contributed by atoms with van der Waals surface area (Å²) in [6.45, 7) is 8.00. The van der Waals surface area contributed by atoms with E-state index in [0.717, 1.165) is 11.1 Å². The molecular formula is C33H39N3O6S. The number of phenols is 1. The summed E-state index contributed by atoms with van der Waals surface area (Å²) in [6, 6.07) is 19.4. The van der Waals surface area contributed by atoms with E-state index in [2.05, 4.69) is 10.6 Å². The average molecular weight is 606 g/mol. The molecule has 0 radical (unpaired) electrons. The average Bonchev–Trinajstić information content (AvgIpc) is 3.32. The minimum atomic E-state index is -1.63. The highest BCUT2D eigenvalue weighted by Crippen LogP contribution is 2.40. The molecule has 1 aliphatic heterocycles. The monoisotopic (exact) mass is 605 g/mol. The van der Waals surface area contributed by atoms with Crippen LogP contribution in [-0.2, 0) is 22.6 Å². The number of carbonyl (C=O) groups is 3. The second-order valence-corrected chi connectivity index (χ2v) is 12.6. The molecule has 1 aliphatic rings. The van der Waals surface area contributed by atoms with Crippen molar-refractivity contribution in [3.05, 3.63) is 95.1 Å². The van der Waals surface area contributed by atoms with E-state index in [4.69, 9.17) is 4.74 Å². The Balaban J connectivity index is 1.55. The van der Waals surface area contributed by atoms with Crippen LogP contribution in [0.1, 0.15) is 47.8 Å². The lowest BCUT2D eigenvalue weighted by Crippen LogP contribution is -2.58. The molecular weight excluding hydrogens is 566 g/mol. The van der Waals surface area contributed by atoms with E-state index in [0.29, 0.717) is 17.9 Å². The molecule has 3 amide bonds. The van der Waals surface area contributed by atoms with Gasteiger partial charge >= 0.3 is 0 Å². The Hall–Kier alpha value is -4.02. The van der Waals surface area contributed by atoms with Gasteiger partial charge in [0, 0.05) is 28.0 Å². The fraction of sp³-hybridized carbons (Fsp3) is 0.364. The maximum Gasteiger partial charge on any atom is 0.254 e. The number of rotatable bonds is 11. The number of para-hydroxylation sites is 1. The molecule has 0 unspecified atom stereocenters.